The summed E-state index contributed by atoms with van der Waals surface area (Å²) in [6.45, 7) is 2.42. The van der Waals surface area contributed by atoms with Gasteiger partial charge in [-0.05, 0) is 67.0 Å². The molecule has 0 saturated carbocycles. The van der Waals surface area contributed by atoms with Crippen molar-refractivity contribution in [1.29, 1.82) is 5.26 Å². The zero-order chi connectivity index (χ0) is 21.7. The highest BCUT2D eigenvalue weighted by molar-refractivity contribution is 5.80. The first kappa shape index (κ1) is 22.0. The zero-order valence-electron chi connectivity index (χ0n) is 16.5. The molecule has 6 nitrogen and oxygen atoms in total. The van der Waals surface area contributed by atoms with E-state index in [1.165, 1.54) is 24.3 Å². The van der Waals surface area contributed by atoms with E-state index in [9.17, 15) is 28.3 Å². The number of allylic oxidation sites excluding steroid dienone is 1. The fourth-order valence-corrected chi connectivity index (χ4v) is 3.90. The molecule has 1 aromatic carbocycles. The Morgan fingerprint density at radius 3 is 2.17 bits per heavy atom. The van der Waals surface area contributed by atoms with Crippen LogP contribution in [0.25, 0.3) is 5.57 Å². The molecule has 1 N–H and O–H groups in total. The molecule has 0 aliphatic carbocycles. The summed E-state index contributed by atoms with van der Waals surface area (Å²) in [6, 6.07) is 7.40. The topological polar surface area (TPSA) is 76.8 Å². The predicted molar refractivity (Wildman–Crippen MR) is 103 cm³/mol. The monoisotopic (exact) mass is 423 g/mol. The number of ether oxygens (including phenoxy) is 1. The fourth-order valence-electron chi connectivity index (χ4n) is 3.90. The van der Waals surface area contributed by atoms with Crippen LogP contribution in [-0.4, -0.2) is 60.1 Å². The number of aliphatic hydroxyl groups is 1. The number of piperidine rings is 2. The number of carbonyl (C=O) groups excluding carboxylic acids is 1. The van der Waals surface area contributed by atoms with Gasteiger partial charge in [-0.3, -0.25) is 0 Å². The third-order valence-electron chi connectivity index (χ3n) is 5.62. The Hall–Kier alpha value is -2.73. The molecule has 0 atom stereocenters. The second kappa shape index (κ2) is 9.39. The van der Waals surface area contributed by atoms with Crippen molar-refractivity contribution < 1.29 is 27.8 Å². The molecule has 162 valence electrons. The van der Waals surface area contributed by atoms with Crippen LogP contribution in [0.5, 0.6) is 5.75 Å². The number of likely N-dealkylation sites (tertiary alicyclic amines) is 2. The molecule has 0 bridgehead atoms. The number of urea groups is 1. The van der Waals surface area contributed by atoms with Gasteiger partial charge in [-0.2, -0.15) is 5.26 Å². The van der Waals surface area contributed by atoms with E-state index in [1.807, 2.05) is 4.90 Å². The highest BCUT2D eigenvalue weighted by Crippen LogP contribution is 2.30. The molecule has 30 heavy (non-hydrogen) atoms. The van der Waals surface area contributed by atoms with Crippen LogP contribution in [-0.2, 0) is 0 Å². The summed E-state index contributed by atoms with van der Waals surface area (Å²) in [5.74, 6) is -0.0741. The Kier molecular flexibility index (Phi) is 6.87. The van der Waals surface area contributed by atoms with E-state index in [4.69, 9.17) is 0 Å². The Balaban J connectivity index is 1.62. The number of carbonyl (C=O) groups is 1. The van der Waals surface area contributed by atoms with Crippen LogP contribution in [0, 0.1) is 17.2 Å². The Morgan fingerprint density at radius 1 is 1.10 bits per heavy atom. The summed E-state index contributed by atoms with van der Waals surface area (Å²) in [5, 5.41) is 18.8. The van der Waals surface area contributed by atoms with Gasteiger partial charge in [0.2, 0.25) is 0 Å². The Morgan fingerprint density at radius 2 is 1.67 bits per heavy atom. The summed E-state index contributed by atoms with van der Waals surface area (Å²) >= 11 is 0. The largest absolute Gasteiger partial charge is 0.573 e. The lowest BCUT2D eigenvalue weighted by Gasteiger charge is -2.37. The van der Waals surface area contributed by atoms with Gasteiger partial charge in [-0.25, -0.2) is 4.79 Å². The third kappa shape index (κ3) is 5.45. The lowest BCUT2D eigenvalue weighted by Crippen LogP contribution is -2.48. The molecule has 9 heteroatoms. The molecule has 2 aliphatic rings. The number of halogens is 3. The third-order valence-corrected chi connectivity index (χ3v) is 5.62. The molecule has 2 saturated heterocycles. The summed E-state index contributed by atoms with van der Waals surface area (Å²) in [5.41, 5.74) is 1.86. The quantitative estimate of drug-likeness (QED) is 0.751. The molecule has 2 aliphatic heterocycles. The number of hydrogen-bond donors (Lipinski definition) is 1. The van der Waals surface area contributed by atoms with Crippen molar-refractivity contribution in [3.63, 3.8) is 0 Å². The van der Waals surface area contributed by atoms with Gasteiger partial charge in [-0.15, -0.1) is 13.2 Å². The van der Waals surface area contributed by atoms with E-state index < -0.39 is 6.36 Å². The maximum absolute atomic E-state index is 12.7. The van der Waals surface area contributed by atoms with Gasteiger partial charge < -0.3 is 19.6 Å². The van der Waals surface area contributed by atoms with Crippen LogP contribution in [0.3, 0.4) is 0 Å². The lowest BCUT2D eigenvalue weighted by molar-refractivity contribution is -0.274. The number of alkyl halides is 3. The molecule has 0 spiro atoms. The van der Waals surface area contributed by atoms with Crippen molar-refractivity contribution >= 4 is 11.6 Å². The van der Waals surface area contributed by atoms with Crippen LogP contribution < -0.4 is 4.74 Å². The summed E-state index contributed by atoms with van der Waals surface area (Å²) < 4.78 is 40.8. The molecular weight excluding hydrogens is 399 g/mol. The molecule has 2 fully saturated rings. The molecule has 3 rings (SSSR count). The number of hydrogen-bond acceptors (Lipinski definition) is 4. The summed E-state index contributed by atoms with van der Waals surface area (Å²) in [6.07, 6.45) is -2.07. The van der Waals surface area contributed by atoms with Crippen molar-refractivity contribution in [3.05, 3.63) is 35.4 Å². The van der Waals surface area contributed by atoms with E-state index in [1.54, 1.807) is 4.90 Å². The van der Waals surface area contributed by atoms with Gasteiger partial charge >= 0.3 is 12.4 Å². The Bertz CT molecular complexity index is 813. The van der Waals surface area contributed by atoms with Crippen LogP contribution in [0.1, 0.15) is 31.2 Å². The maximum Gasteiger partial charge on any atom is 0.573 e. The van der Waals surface area contributed by atoms with E-state index >= 15 is 0 Å². The molecule has 1 aromatic rings. The van der Waals surface area contributed by atoms with Gasteiger partial charge in [0.25, 0.3) is 0 Å². The van der Waals surface area contributed by atoms with E-state index in [2.05, 4.69) is 10.8 Å². The SMILES string of the molecule is N#CC(=C1CCN(C(=O)N2CCC(CO)CC2)CC1)c1ccc(OC(F)(F)F)cc1. The van der Waals surface area contributed by atoms with E-state index in [-0.39, 0.29) is 24.3 Å². The first-order valence-electron chi connectivity index (χ1n) is 9.93. The van der Waals surface area contributed by atoms with Gasteiger partial charge in [0.05, 0.1) is 11.6 Å². The normalized spacial score (nSPS) is 18.2. The molecular formula is C21H24F3N3O3. The van der Waals surface area contributed by atoms with Gasteiger partial charge in [0.15, 0.2) is 0 Å². The second-order valence-electron chi connectivity index (χ2n) is 7.55. The van der Waals surface area contributed by atoms with Crippen molar-refractivity contribution in [3.8, 4) is 11.8 Å². The number of nitrogens with zero attached hydrogens (tertiary/aromatic N) is 3. The smallest absolute Gasteiger partial charge is 0.406 e. The van der Waals surface area contributed by atoms with Crippen molar-refractivity contribution in [2.45, 2.75) is 32.0 Å². The molecule has 2 amide bonds. The molecule has 0 radical (unpaired) electrons. The lowest BCUT2D eigenvalue weighted by atomic mass is 9.94. The van der Waals surface area contributed by atoms with Crippen LogP contribution >= 0.6 is 0 Å². The van der Waals surface area contributed by atoms with Crippen molar-refractivity contribution in [1.82, 2.24) is 9.80 Å². The highest BCUT2D eigenvalue weighted by atomic mass is 19.4. The number of rotatable bonds is 3. The van der Waals surface area contributed by atoms with Crippen LogP contribution in [0.2, 0.25) is 0 Å². The minimum atomic E-state index is -4.76. The number of nitriles is 1. The standard InChI is InChI=1S/C21H24F3N3O3/c22-21(23,24)30-18-3-1-16(2-4-18)19(13-25)17-7-11-27(12-8-17)20(29)26-9-5-15(14-28)6-10-26/h1-4,15,28H,5-12,14H2. The average molecular weight is 423 g/mol. The number of benzene rings is 1. The number of amides is 2. The van der Waals surface area contributed by atoms with Gasteiger partial charge in [0, 0.05) is 32.8 Å². The molecule has 0 unspecified atom stereocenters. The average Bonchev–Trinajstić information content (AvgIpc) is 2.74. The van der Waals surface area contributed by atoms with Crippen molar-refractivity contribution in [2.75, 3.05) is 32.8 Å². The van der Waals surface area contributed by atoms with E-state index in [0.29, 0.717) is 50.2 Å². The van der Waals surface area contributed by atoms with Gasteiger partial charge in [0.1, 0.15) is 5.75 Å². The first-order valence-corrected chi connectivity index (χ1v) is 9.93. The van der Waals surface area contributed by atoms with Crippen molar-refractivity contribution in [2.24, 2.45) is 5.92 Å². The summed E-state index contributed by atoms with van der Waals surface area (Å²) in [7, 11) is 0. The fraction of sp³-hybridized carbons (Fsp3) is 0.524. The first-order chi connectivity index (χ1) is 14.3. The molecule has 0 aromatic heterocycles. The Labute approximate surface area is 173 Å². The van der Waals surface area contributed by atoms with Crippen LogP contribution in [0.4, 0.5) is 18.0 Å². The highest BCUT2D eigenvalue weighted by Gasteiger charge is 2.31. The molecule has 2 heterocycles. The number of aliphatic hydroxyl groups excluding tert-OH is 1. The van der Waals surface area contributed by atoms with Crippen LogP contribution in [0.15, 0.2) is 29.8 Å². The zero-order valence-corrected chi connectivity index (χ0v) is 16.5. The summed E-state index contributed by atoms with van der Waals surface area (Å²) in [4.78, 5) is 16.3. The second-order valence-corrected chi connectivity index (χ2v) is 7.55. The minimum Gasteiger partial charge on any atom is -0.406 e. The minimum absolute atomic E-state index is 0.0161. The van der Waals surface area contributed by atoms with Gasteiger partial charge in [-0.1, -0.05) is 0 Å². The maximum atomic E-state index is 12.7. The van der Waals surface area contributed by atoms with E-state index in [0.717, 1.165) is 18.4 Å². The predicted octanol–water partition coefficient (Wildman–Crippen LogP) is 3.78.